The fourth-order valence-electron chi connectivity index (χ4n) is 2.68. The van der Waals surface area contributed by atoms with Gasteiger partial charge in [-0.1, -0.05) is 13.3 Å². The number of likely N-dealkylation sites (tertiary alicyclic amines) is 1. The van der Waals surface area contributed by atoms with E-state index >= 15 is 0 Å². The Labute approximate surface area is 116 Å². The van der Waals surface area contributed by atoms with Crippen molar-refractivity contribution in [2.45, 2.75) is 58.7 Å². The molecule has 0 saturated carbocycles. The molecule has 1 aliphatic heterocycles. The van der Waals surface area contributed by atoms with E-state index in [4.69, 9.17) is 0 Å². The predicted molar refractivity (Wildman–Crippen MR) is 76.9 cm³/mol. The Bertz CT molecular complexity index is 356. The van der Waals surface area contributed by atoms with Crippen molar-refractivity contribution >= 4 is 0 Å². The standard InChI is InChI=1S/C14H27N5/c1-3-7-19-14(16-12-17-19)10-15-13(2)11-18-8-5-4-6-9-18/h12-13,15H,3-11H2,1-2H3. The third-order valence-electron chi connectivity index (χ3n) is 3.72. The lowest BCUT2D eigenvalue weighted by Gasteiger charge is -2.29. The van der Waals surface area contributed by atoms with Crippen molar-refractivity contribution in [1.82, 2.24) is 25.0 Å². The molecule has 5 heteroatoms. The summed E-state index contributed by atoms with van der Waals surface area (Å²) in [5.41, 5.74) is 0. The van der Waals surface area contributed by atoms with Crippen LogP contribution in [0.1, 0.15) is 45.4 Å². The molecule has 1 N–H and O–H groups in total. The molecule has 1 aromatic heterocycles. The summed E-state index contributed by atoms with van der Waals surface area (Å²) in [6.45, 7) is 9.86. The van der Waals surface area contributed by atoms with Crippen LogP contribution in [0.2, 0.25) is 0 Å². The van der Waals surface area contributed by atoms with Crippen molar-refractivity contribution in [2.75, 3.05) is 19.6 Å². The highest BCUT2D eigenvalue weighted by Gasteiger charge is 2.13. The van der Waals surface area contributed by atoms with Gasteiger partial charge in [-0.15, -0.1) is 0 Å². The number of piperidine rings is 1. The summed E-state index contributed by atoms with van der Waals surface area (Å²) >= 11 is 0. The van der Waals surface area contributed by atoms with Crippen LogP contribution in [-0.4, -0.2) is 45.3 Å². The number of nitrogens with one attached hydrogen (secondary N) is 1. The van der Waals surface area contributed by atoms with Gasteiger partial charge in [0.05, 0.1) is 6.54 Å². The maximum Gasteiger partial charge on any atom is 0.140 e. The largest absolute Gasteiger partial charge is 0.306 e. The van der Waals surface area contributed by atoms with Gasteiger partial charge in [-0.25, -0.2) is 9.67 Å². The molecule has 1 unspecified atom stereocenters. The monoisotopic (exact) mass is 265 g/mol. The molecule has 2 rings (SSSR count). The van der Waals surface area contributed by atoms with E-state index in [0.29, 0.717) is 6.04 Å². The van der Waals surface area contributed by atoms with E-state index in [0.717, 1.165) is 31.9 Å². The van der Waals surface area contributed by atoms with E-state index in [9.17, 15) is 0 Å². The average molecular weight is 265 g/mol. The van der Waals surface area contributed by atoms with Crippen LogP contribution in [0.5, 0.6) is 0 Å². The summed E-state index contributed by atoms with van der Waals surface area (Å²) in [6.07, 6.45) is 6.87. The molecule has 1 saturated heterocycles. The van der Waals surface area contributed by atoms with Gasteiger partial charge in [0.15, 0.2) is 0 Å². The van der Waals surface area contributed by atoms with E-state index in [1.165, 1.54) is 32.4 Å². The molecule has 19 heavy (non-hydrogen) atoms. The Kier molecular flexibility index (Phi) is 5.79. The SMILES string of the molecule is CCCn1ncnc1CNC(C)CN1CCCCC1. The molecular weight excluding hydrogens is 238 g/mol. The number of aryl methyl sites for hydroxylation is 1. The summed E-state index contributed by atoms with van der Waals surface area (Å²) in [5.74, 6) is 1.05. The van der Waals surface area contributed by atoms with Crippen LogP contribution in [0.4, 0.5) is 0 Å². The van der Waals surface area contributed by atoms with Gasteiger partial charge in [0.25, 0.3) is 0 Å². The highest BCUT2D eigenvalue weighted by atomic mass is 15.3. The molecule has 0 radical (unpaired) electrons. The van der Waals surface area contributed by atoms with Crippen LogP contribution in [-0.2, 0) is 13.1 Å². The maximum atomic E-state index is 4.33. The minimum absolute atomic E-state index is 0.505. The molecule has 2 heterocycles. The highest BCUT2D eigenvalue weighted by Crippen LogP contribution is 2.08. The fourth-order valence-corrected chi connectivity index (χ4v) is 2.68. The minimum atomic E-state index is 0.505. The number of hydrogen-bond acceptors (Lipinski definition) is 4. The zero-order valence-electron chi connectivity index (χ0n) is 12.3. The van der Waals surface area contributed by atoms with Gasteiger partial charge >= 0.3 is 0 Å². The van der Waals surface area contributed by atoms with Gasteiger partial charge in [-0.2, -0.15) is 5.10 Å². The number of nitrogens with zero attached hydrogens (tertiary/aromatic N) is 4. The maximum absolute atomic E-state index is 4.33. The number of aromatic nitrogens is 3. The van der Waals surface area contributed by atoms with Crippen molar-refractivity contribution in [3.8, 4) is 0 Å². The van der Waals surface area contributed by atoms with E-state index in [-0.39, 0.29) is 0 Å². The second-order valence-electron chi connectivity index (χ2n) is 5.54. The second-order valence-corrected chi connectivity index (χ2v) is 5.54. The lowest BCUT2D eigenvalue weighted by molar-refractivity contribution is 0.208. The fraction of sp³-hybridized carbons (Fsp3) is 0.857. The molecule has 1 aromatic rings. The molecule has 0 bridgehead atoms. The molecule has 0 aromatic carbocycles. The van der Waals surface area contributed by atoms with Crippen LogP contribution >= 0.6 is 0 Å². The Balaban J connectivity index is 1.72. The summed E-state index contributed by atoms with van der Waals surface area (Å²) in [5, 5.41) is 7.82. The van der Waals surface area contributed by atoms with Crippen LogP contribution in [0, 0.1) is 0 Å². The topological polar surface area (TPSA) is 46.0 Å². The average Bonchev–Trinajstić information content (AvgIpc) is 2.85. The first-order chi connectivity index (χ1) is 9.29. The van der Waals surface area contributed by atoms with Gasteiger partial charge < -0.3 is 10.2 Å². The van der Waals surface area contributed by atoms with Crippen molar-refractivity contribution in [3.05, 3.63) is 12.2 Å². The molecule has 0 aliphatic carbocycles. The first-order valence-electron chi connectivity index (χ1n) is 7.62. The smallest absolute Gasteiger partial charge is 0.140 e. The van der Waals surface area contributed by atoms with Gasteiger partial charge in [0.2, 0.25) is 0 Å². The van der Waals surface area contributed by atoms with E-state index < -0.39 is 0 Å². The molecule has 1 aliphatic rings. The number of hydrogen-bond donors (Lipinski definition) is 1. The third-order valence-corrected chi connectivity index (χ3v) is 3.72. The van der Waals surface area contributed by atoms with Gasteiger partial charge in [-0.05, 0) is 39.3 Å². The molecule has 1 atom stereocenters. The molecule has 0 amide bonds. The zero-order chi connectivity index (χ0) is 13.5. The van der Waals surface area contributed by atoms with Crippen LogP contribution in [0.25, 0.3) is 0 Å². The highest BCUT2D eigenvalue weighted by molar-refractivity contribution is 4.85. The first-order valence-corrected chi connectivity index (χ1v) is 7.62. The molecule has 1 fully saturated rings. The van der Waals surface area contributed by atoms with Gasteiger partial charge in [-0.3, -0.25) is 0 Å². The van der Waals surface area contributed by atoms with Crippen LogP contribution in [0.15, 0.2) is 6.33 Å². The molecule has 5 nitrogen and oxygen atoms in total. The van der Waals surface area contributed by atoms with Crippen LogP contribution < -0.4 is 5.32 Å². The summed E-state index contributed by atoms with van der Waals surface area (Å²) in [7, 11) is 0. The predicted octanol–water partition coefficient (Wildman–Crippen LogP) is 1.65. The Morgan fingerprint density at radius 1 is 1.32 bits per heavy atom. The lowest BCUT2D eigenvalue weighted by Crippen LogP contribution is -2.41. The normalized spacial score (nSPS) is 18.6. The van der Waals surface area contributed by atoms with E-state index in [2.05, 4.69) is 34.1 Å². The lowest BCUT2D eigenvalue weighted by atomic mass is 10.1. The van der Waals surface area contributed by atoms with Crippen molar-refractivity contribution in [3.63, 3.8) is 0 Å². The molecule has 108 valence electrons. The third kappa shape index (κ3) is 4.58. The van der Waals surface area contributed by atoms with Crippen LogP contribution in [0.3, 0.4) is 0 Å². The van der Waals surface area contributed by atoms with Crippen molar-refractivity contribution in [2.24, 2.45) is 0 Å². The Morgan fingerprint density at radius 2 is 2.11 bits per heavy atom. The number of rotatable bonds is 7. The summed E-state index contributed by atoms with van der Waals surface area (Å²) in [4.78, 5) is 6.90. The van der Waals surface area contributed by atoms with Gasteiger partial charge in [0.1, 0.15) is 12.2 Å². The summed E-state index contributed by atoms with van der Waals surface area (Å²) < 4.78 is 2.00. The van der Waals surface area contributed by atoms with Crippen molar-refractivity contribution < 1.29 is 0 Å². The van der Waals surface area contributed by atoms with Gasteiger partial charge in [0, 0.05) is 19.1 Å². The Hall–Kier alpha value is -0.940. The van der Waals surface area contributed by atoms with E-state index in [1.807, 2.05) is 4.68 Å². The second kappa shape index (κ2) is 7.60. The molecular formula is C14H27N5. The minimum Gasteiger partial charge on any atom is -0.306 e. The van der Waals surface area contributed by atoms with Crippen molar-refractivity contribution in [1.29, 1.82) is 0 Å². The Morgan fingerprint density at radius 3 is 2.84 bits per heavy atom. The first kappa shape index (κ1) is 14.5. The summed E-state index contributed by atoms with van der Waals surface area (Å²) in [6, 6.07) is 0.505. The zero-order valence-corrected chi connectivity index (χ0v) is 12.3. The molecule has 0 spiro atoms. The quantitative estimate of drug-likeness (QED) is 0.814. The van der Waals surface area contributed by atoms with E-state index in [1.54, 1.807) is 6.33 Å².